The summed E-state index contributed by atoms with van der Waals surface area (Å²) in [7, 11) is 4.74. The lowest BCUT2D eigenvalue weighted by molar-refractivity contribution is 0.354. The Hall–Kier alpha value is -1.58. The molecule has 2 rings (SSSR count). The highest BCUT2D eigenvalue weighted by Gasteiger charge is 2.20. The van der Waals surface area contributed by atoms with Crippen LogP contribution in [0.5, 0.6) is 17.2 Å². The van der Waals surface area contributed by atoms with E-state index < -0.39 is 5.38 Å². The molecule has 2 aromatic carbocycles. The fraction of sp³-hybridized carbons (Fsp3) is 0.250. The quantitative estimate of drug-likeness (QED) is 0.746. The van der Waals surface area contributed by atoms with Gasteiger partial charge in [-0.05, 0) is 17.7 Å². The molecule has 0 heterocycles. The number of alkyl halides is 1. The monoisotopic (exact) mass is 326 g/mol. The van der Waals surface area contributed by atoms with Crippen LogP contribution in [-0.2, 0) is 0 Å². The minimum atomic E-state index is -0.451. The molecule has 0 N–H and O–H groups in total. The number of halogens is 2. The summed E-state index contributed by atoms with van der Waals surface area (Å²) in [4.78, 5) is 0. The Kier molecular flexibility index (Phi) is 5.21. The summed E-state index contributed by atoms with van der Waals surface area (Å²) in [5.74, 6) is 1.86. The maximum absolute atomic E-state index is 6.58. The van der Waals surface area contributed by atoms with Gasteiger partial charge in [-0.2, -0.15) is 0 Å². The van der Waals surface area contributed by atoms with Crippen LogP contribution >= 0.6 is 23.2 Å². The van der Waals surface area contributed by atoms with Gasteiger partial charge in [-0.15, -0.1) is 11.6 Å². The molecule has 112 valence electrons. The van der Waals surface area contributed by atoms with Crippen molar-refractivity contribution >= 4 is 23.2 Å². The Morgan fingerprint density at radius 3 is 2.00 bits per heavy atom. The highest BCUT2D eigenvalue weighted by molar-refractivity contribution is 6.33. The fourth-order valence-electron chi connectivity index (χ4n) is 2.11. The van der Waals surface area contributed by atoms with E-state index in [1.165, 1.54) is 0 Å². The third-order valence-corrected chi connectivity index (χ3v) is 3.99. The summed E-state index contributed by atoms with van der Waals surface area (Å²) in [6.07, 6.45) is 0. The zero-order valence-corrected chi connectivity index (χ0v) is 13.5. The molecule has 3 nitrogen and oxygen atoms in total. The average Bonchev–Trinajstić information content (AvgIpc) is 2.53. The largest absolute Gasteiger partial charge is 0.496 e. The summed E-state index contributed by atoms with van der Waals surface area (Å²) < 4.78 is 15.9. The van der Waals surface area contributed by atoms with E-state index in [9.17, 15) is 0 Å². The summed E-state index contributed by atoms with van der Waals surface area (Å²) in [5.41, 5.74) is 1.58. The Balaban J connectivity index is 2.50. The molecule has 0 amide bonds. The minimum absolute atomic E-state index is 0.451. The number of para-hydroxylation sites is 1. The van der Waals surface area contributed by atoms with Crippen molar-refractivity contribution in [2.45, 2.75) is 5.38 Å². The van der Waals surface area contributed by atoms with E-state index in [1.54, 1.807) is 33.5 Å². The van der Waals surface area contributed by atoms with Gasteiger partial charge in [0.05, 0.1) is 26.7 Å². The van der Waals surface area contributed by atoms with Gasteiger partial charge in [0.2, 0.25) is 0 Å². The van der Waals surface area contributed by atoms with Gasteiger partial charge >= 0.3 is 0 Å². The molecule has 0 aliphatic rings. The molecule has 1 unspecified atom stereocenters. The van der Waals surface area contributed by atoms with Crippen molar-refractivity contribution in [3.8, 4) is 17.2 Å². The molecule has 0 spiro atoms. The summed E-state index contributed by atoms with van der Waals surface area (Å²) in [6.45, 7) is 0. The standard InChI is InChI=1S/C16H16Cl2O3/c1-19-13-7-5-4-6-10(13)16(18)11-8-14(20-2)15(21-3)9-12(11)17/h4-9,16H,1-3H3. The summed E-state index contributed by atoms with van der Waals surface area (Å²) in [6, 6.07) is 11.0. The van der Waals surface area contributed by atoms with E-state index in [4.69, 9.17) is 37.4 Å². The van der Waals surface area contributed by atoms with E-state index in [2.05, 4.69) is 0 Å². The van der Waals surface area contributed by atoms with Gasteiger partial charge in [0, 0.05) is 16.7 Å². The van der Waals surface area contributed by atoms with E-state index in [-0.39, 0.29) is 0 Å². The number of methoxy groups -OCH3 is 3. The van der Waals surface area contributed by atoms with Crippen LogP contribution in [0.1, 0.15) is 16.5 Å². The first kappa shape index (κ1) is 15.8. The second kappa shape index (κ2) is 6.92. The average molecular weight is 327 g/mol. The van der Waals surface area contributed by atoms with Gasteiger partial charge < -0.3 is 14.2 Å². The van der Waals surface area contributed by atoms with Crippen molar-refractivity contribution in [3.63, 3.8) is 0 Å². The third-order valence-electron chi connectivity index (χ3n) is 3.19. The van der Waals surface area contributed by atoms with Gasteiger partial charge in [-0.3, -0.25) is 0 Å². The van der Waals surface area contributed by atoms with Crippen molar-refractivity contribution in [1.29, 1.82) is 0 Å². The number of ether oxygens (including phenoxy) is 3. The first-order valence-electron chi connectivity index (χ1n) is 6.30. The van der Waals surface area contributed by atoms with Crippen LogP contribution in [0.3, 0.4) is 0 Å². The van der Waals surface area contributed by atoms with Gasteiger partial charge in [0.1, 0.15) is 5.75 Å². The molecule has 5 heteroatoms. The molecule has 1 atom stereocenters. The van der Waals surface area contributed by atoms with E-state index >= 15 is 0 Å². The SMILES string of the molecule is COc1cc(Cl)c(C(Cl)c2ccccc2OC)cc1OC. The second-order valence-corrected chi connectivity index (χ2v) is 5.18. The first-order valence-corrected chi connectivity index (χ1v) is 7.12. The fourth-order valence-corrected chi connectivity index (χ4v) is 2.79. The molecule has 2 aromatic rings. The summed E-state index contributed by atoms with van der Waals surface area (Å²) >= 11 is 12.9. The normalized spacial score (nSPS) is 11.9. The predicted molar refractivity (Wildman–Crippen MR) is 85.2 cm³/mol. The van der Waals surface area contributed by atoms with E-state index in [0.717, 1.165) is 11.1 Å². The predicted octanol–water partition coefficient (Wildman–Crippen LogP) is 4.69. The lowest BCUT2D eigenvalue weighted by atomic mass is 10.0. The van der Waals surface area contributed by atoms with Crippen molar-refractivity contribution in [2.24, 2.45) is 0 Å². The van der Waals surface area contributed by atoms with Crippen LogP contribution < -0.4 is 14.2 Å². The smallest absolute Gasteiger partial charge is 0.162 e. The zero-order chi connectivity index (χ0) is 15.4. The Morgan fingerprint density at radius 1 is 0.810 bits per heavy atom. The highest BCUT2D eigenvalue weighted by Crippen LogP contribution is 2.42. The molecule has 0 aromatic heterocycles. The van der Waals surface area contributed by atoms with Crippen molar-refractivity contribution in [3.05, 3.63) is 52.5 Å². The van der Waals surface area contributed by atoms with Crippen LogP contribution in [0.4, 0.5) is 0 Å². The lowest BCUT2D eigenvalue weighted by Gasteiger charge is -2.17. The Bertz CT molecular complexity index is 629. The maximum atomic E-state index is 6.58. The van der Waals surface area contributed by atoms with Gasteiger partial charge in [0.25, 0.3) is 0 Å². The number of rotatable bonds is 5. The molecule has 0 radical (unpaired) electrons. The van der Waals surface area contributed by atoms with Gasteiger partial charge in [-0.25, -0.2) is 0 Å². The van der Waals surface area contributed by atoms with Crippen molar-refractivity contribution in [1.82, 2.24) is 0 Å². The van der Waals surface area contributed by atoms with Crippen LogP contribution in [0.25, 0.3) is 0 Å². The highest BCUT2D eigenvalue weighted by atomic mass is 35.5. The van der Waals surface area contributed by atoms with Crippen molar-refractivity contribution < 1.29 is 14.2 Å². The van der Waals surface area contributed by atoms with E-state index in [1.807, 2.05) is 24.3 Å². The number of benzene rings is 2. The van der Waals surface area contributed by atoms with Gasteiger partial charge in [-0.1, -0.05) is 29.8 Å². The molecule has 0 aliphatic carbocycles. The topological polar surface area (TPSA) is 27.7 Å². The molecule has 21 heavy (non-hydrogen) atoms. The van der Waals surface area contributed by atoms with Crippen molar-refractivity contribution in [2.75, 3.05) is 21.3 Å². The molecule has 0 bridgehead atoms. The van der Waals surface area contributed by atoms with Gasteiger partial charge in [0.15, 0.2) is 11.5 Å². The number of hydrogen-bond acceptors (Lipinski definition) is 3. The van der Waals surface area contributed by atoms with Crippen LogP contribution in [0.2, 0.25) is 5.02 Å². The van der Waals surface area contributed by atoms with E-state index in [0.29, 0.717) is 22.3 Å². The molecular formula is C16H16Cl2O3. The molecule has 0 aliphatic heterocycles. The van der Waals surface area contributed by atoms with Crippen LogP contribution in [0.15, 0.2) is 36.4 Å². The Morgan fingerprint density at radius 2 is 1.38 bits per heavy atom. The third kappa shape index (κ3) is 3.20. The lowest BCUT2D eigenvalue weighted by Crippen LogP contribution is -2.00. The number of hydrogen-bond donors (Lipinski definition) is 0. The zero-order valence-electron chi connectivity index (χ0n) is 12.0. The first-order chi connectivity index (χ1) is 10.1. The van der Waals surface area contributed by atoms with Crippen LogP contribution in [0, 0.1) is 0 Å². The second-order valence-electron chi connectivity index (χ2n) is 4.33. The summed E-state index contributed by atoms with van der Waals surface area (Å²) in [5, 5.41) is 0.0620. The molecule has 0 fully saturated rings. The maximum Gasteiger partial charge on any atom is 0.162 e. The molecule has 0 saturated heterocycles. The van der Waals surface area contributed by atoms with Crippen LogP contribution in [-0.4, -0.2) is 21.3 Å². The Labute approximate surface area is 134 Å². The molecular weight excluding hydrogens is 311 g/mol. The minimum Gasteiger partial charge on any atom is -0.496 e. The molecule has 0 saturated carbocycles.